The number of hydrogen-bond donors (Lipinski definition) is 1. The molecule has 1 aliphatic rings. The molecule has 1 aliphatic carbocycles. The van der Waals surface area contributed by atoms with Gasteiger partial charge >= 0.3 is 0 Å². The molecule has 2 aromatic heterocycles. The third-order valence-corrected chi connectivity index (χ3v) is 17.3. The summed E-state index contributed by atoms with van der Waals surface area (Å²) in [4.78, 5) is 5.42. The molecule has 3 heteroatoms. The van der Waals surface area contributed by atoms with E-state index in [0.717, 1.165) is 68.9 Å². The number of nitrogens with two attached hydrogens (primary N) is 1. The number of fused-ring (bicyclic) bond motifs is 9. The van der Waals surface area contributed by atoms with E-state index in [0.29, 0.717) is 0 Å². The summed E-state index contributed by atoms with van der Waals surface area (Å²) in [5.74, 6) is 0.794. The van der Waals surface area contributed by atoms with Crippen LogP contribution in [0.3, 0.4) is 0 Å². The van der Waals surface area contributed by atoms with Crippen molar-refractivity contribution in [2.75, 3.05) is 5.73 Å². The van der Waals surface area contributed by atoms with Gasteiger partial charge in [0.1, 0.15) is 5.82 Å². The quantitative estimate of drug-likeness (QED) is 0.116. The van der Waals surface area contributed by atoms with Crippen LogP contribution in [0.15, 0.2) is 255 Å². The molecule has 380 valence electrons. The Hall–Kier alpha value is -9.83. The molecule has 0 spiro atoms. The lowest BCUT2D eigenvalue weighted by molar-refractivity contribution is 0.660. The second-order valence-electron chi connectivity index (χ2n) is 22.3. The zero-order valence-electron chi connectivity index (χ0n) is 45.1. The minimum absolute atomic E-state index is 0.0864. The number of aryl methyl sites for hydroxylation is 1. The molecule has 80 heavy (non-hydrogen) atoms. The number of nitrogen functional groups attached to an aromatic ring is 1. The zero-order chi connectivity index (χ0) is 53.6. The van der Waals surface area contributed by atoms with Gasteiger partial charge in [-0.05, 0) is 165 Å². The number of aromatic nitrogens is 2. The Morgan fingerprint density at radius 3 is 1.69 bits per heavy atom. The number of hydrogen-bond acceptors (Lipinski definition) is 2. The van der Waals surface area contributed by atoms with Crippen molar-refractivity contribution in [1.29, 1.82) is 0 Å². The van der Waals surface area contributed by atoms with Gasteiger partial charge in [0.2, 0.25) is 0 Å². The summed E-state index contributed by atoms with van der Waals surface area (Å²) in [5.41, 5.74) is 29.5. The van der Waals surface area contributed by atoms with Gasteiger partial charge in [-0.1, -0.05) is 227 Å². The van der Waals surface area contributed by atoms with Crippen molar-refractivity contribution < 1.29 is 0 Å². The fourth-order valence-electron chi connectivity index (χ4n) is 13.5. The van der Waals surface area contributed by atoms with Gasteiger partial charge in [-0.15, -0.1) is 0 Å². The van der Waals surface area contributed by atoms with E-state index in [2.05, 4.69) is 280 Å². The van der Waals surface area contributed by atoms with E-state index in [9.17, 15) is 0 Å². The molecule has 0 aliphatic heterocycles. The van der Waals surface area contributed by atoms with E-state index >= 15 is 0 Å². The number of anilines is 1. The monoisotopic (exact) mass is 1020 g/mol. The first-order valence-corrected chi connectivity index (χ1v) is 28.1. The standard InChI is InChI=1S/C77H57N3/c1-4-19-64-66-45-54(38-41-72(66)80(76(64)78)73-47-52-22-8-9-27-57(52)58-28-10-11-30-60(58)73)71-35-18-34-70(79-71)53-25-16-24-50(42-53)51-36-39-63-67(44-51)75(56-37-40-69-65(46-56)59-29-14-15-33-68(59)77(69,2)3)62-32-13-12-31-61(62)74(63)55-26-17-23-49(43-55)48-20-6-5-7-21-48/h5-18,20-47H,4,19,78H2,1-3H3. The van der Waals surface area contributed by atoms with E-state index in [4.69, 9.17) is 10.7 Å². The first-order valence-electron chi connectivity index (χ1n) is 28.1. The molecule has 2 N–H and O–H groups in total. The Morgan fingerprint density at radius 2 is 0.900 bits per heavy atom. The first kappa shape index (κ1) is 47.4. The largest absolute Gasteiger partial charge is 0.385 e. The molecule has 14 aromatic rings. The minimum Gasteiger partial charge on any atom is -0.385 e. The molecule has 0 amide bonds. The van der Waals surface area contributed by atoms with Crippen molar-refractivity contribution >= 4 is 59.8 Å². The van der Waals surface area contributed by atoms with Crippen LogP contribution in [-0.2, 0) is 11.8 Å². The molecular formula is C77H57N3. The molecule has 0 bridgehead atoms. The Morgan fingerprint density at radius 1 is 0.375 bits per heavy atom. The van der Waals surface area contributed by atoms with Crippen LogP contribution in [0.4, 0.5) is 5.82 Å². The summed E-state index contributed by atoms with van der Waals surface area (Å²) in [5, 5.41) is 10.9. The van der Waals surface area contributed by atoms with Gasteiger partial charge in [0.25, 0.3) is 0 Å². The maximum absolute atomic E-state index is 7.26. The predicted octanol–water partition coefficient (Wildman–Crippen LogP) is 20.5. The van der Waals surface area contributed by atoms with Gasteiger partial charge in [-0.2, -0.15) is 0 Å². The molecule has 2 heterocycles. The van der Waals surface area contributed by atoms with E-state index in [1.165, 1.54) is 104 Å². The summed E-state index contributed by atoms with van der Waals surface area (Å²) < 4.78 is 2.28. The third kappa shape index (κ3) is 7.53. The van der Waals surface area contributed by atoms with E-state index in [-0.39, 0.29) is 5.41 Å². The zero-order valence-corrected chi connectivity index (χ0v) is 45.1. The topological polar surface area (TPSA) is 43.8 Å². The van der Waals surface area contributed by atoms with Gasteiger partial charge in [-0.25, -0.2) is 4.98 Å². The summed E-state index contributed by atoms with van der Waals surface area (Å²) >= 11 is 0. The molecule has 0 fully saturated rings. The second-order valence-corrected chi connectivity index (χ2v) is 22.3. The lowest BCUT2D eigenvalue weighted by Gasteiger charge is -2.22. The van der Waals surface area contributed by atoms with Gasteiger partial charge in [0, 0.05) is 32.9 Å². The molecule has 0 saturated heterocycles. The normalized spacial score (nSPS) is 12.7. The molecule has 0 saturated carbocycles. The molecular weight excluding hydrogens is 967 g/mol. The van der Waals surface area contributed by atoms with Crippen molar-refractivity contribution in [1.82, 2.24) is 9.55 Å². The van der Waals surface area contributed by atoms with Crippen LogP contribution in [-0.4, -0.2) is 9.55 Å². The molecule has 12 aromatic carbocycles. The smallest absolute Gasteiger partial charge is 0.112 e. The number of nitrogens with zero attached hydrogens (tertiary/aromatic N) is 2. The maximum atomic E-state index is 7.26. The molecule has 15 rings (SSSR count). The van der Waals surface area contributed by atoms with Gasteiger partial charge in [-0.3, -0.25) is 4.57 Å². The van der Waals surface area contributed by atoms with Crippen molar-refractivity contribution in [3.63, 3.8) is 0 Å². The average Bonchev–Trinajstić information content (AvgIpc) is 4.00. The van der Waals surface area contributed by atoms with E-state index in [1.54, 1.807) is 0 Å². The van der Waals surface area contributed by atoms with Crippen LogP contribution in [0.25, 0.3) is 138 Å². The Labute approximate surface area is 466 Å². The average molecular weight is 1020 g/mol. The summed E-state index contributed by atoms with van der Waals surface area (Å²) in [6.45, 7) is 6.95. The highest BCUT2D eigenvalue weighted by Gasteiger charge is 2.35. The van der Waals surface area contributed by atoms with Crippen LogP contribution >= 0.6 is 0 Å². The number of rotatable bonds is 9. The third-order valence-electron chi connectivity index (χ3n) is 17.3. The van der Waals surface area contributed by atoms with E-state index in [1.807, 2.05) is 0 Å². The molecule has 0 atom stereocenters. The van der Waals surface area contributed by atoms with E-state index < -0.39 is 0 Å². The first-order chi connectivity index (χ1) is 39.3. The van der Waals surface area contributed by atoms with Crippen LogP contribution in [0, 0.1) is 0 Å². The van der Waals surface area contributed by atoms with Crippen molar-refractivity contribution in [3.05, 3.63) is 271 Å². The van der Waals surface area contributed by atoms with Crippen LogP contribution in [0.5, 0.6) is 0 Å². The van der Waals surface area contributed by atoms with Crippen molar-refractivity contribution in [2.24, 2.45) is 0 Å². The molecule has 3 nitrogen and oxygen atoms in total. The maximum Gasteiger partial charge on any atom is 0.112 e. The Bertz CT molecular complexity index is 4820. The number of pyridine rings is 1. The fourth-order valence-corrected chi connectivity index (χ4v) is 13.5. The van der Waals surface area contributed by atoms with Crippen LogP contribution < -0.4 is 5.73 Å². The van der Waals surface area contributed by atoms with Gasteiger partial charge in [0.15, 0.2) is 0 Å². The van der Waals surface area contributed by atoms with Crippen LogP contribution in [0.1, 0.15) is 43.9 Å². The SMILES string of the molecule is CCCc1c(N)n(-c2cc3ccccc3c3ccccc23)c2ccc(-c3cccc(-c4cccc(-c5ccc6c(-c7cccc(-c8ccccc8)c7)c7ccccc7c(-c7ccc8c(c7)-c7ccccc7C8(C)C)c6c5)c4)n3)cc12. The summed E-state index contributed by atoms with van der Waals surface area (Å²) in [6, 6.07) is 93.8. The number of benzene rings is 12. The van der Waals surface area contributed by atoms with Crippen molar-refractivity contribution in [2.45, 2.75) is 39.0 Å². The Kier molecular flexibility index (Phi) is 11.1. The molecule has 0 radical (unpaired) electrons. The summed E-state index contributed by atoms with van der Waals surface area (Å²) in [6.07, 6.45) is 1.86. The highest BCUT2D eigenvalue weighted by molar-refractivity contribution is 6.22. The Balaban J connectivity index is 0.863. The highest BCUT2D eigenvalue weighted by atomic mass is 15.1. The second kappa shape index (κ2) is 18.7. The van der Waals surface area contributed by atoms with Crippen molar-refractivity contribution in [3.8, 4) is 83.8 Å². The lowest BCUT2D eigenvalue weighted by atomic mass is 9.81. The predicted molar refractivity (Wildman–Crippen MR) is 340 cm³/mol. The lowest BCUT2D eigenvalue weighted by Crippen LogP contribution is -2.14. The highest BCUT2D eigenvalue weighted by Crippen LogP contribution is 2.52. The summed E-state index contributed by atoms with van der Waals surface area (Å²) in [7, 11) is 0. The minimum atomic E-state index is -0.0864. The van der Waals surface area contributed by atoms with Gasteiger partial charge < -0.3 is 5.73 Å². The van der Waals surface area contributed by atoms with Crippen LogP contribution in [0.2, 0.25) is 0 Å². The van der Waals surface area contributed by atoms with Gasteiger partial charge in [0.05, 0.1) is 22.6 Å². The fraction of sp³-hybridized carbons (Fsp3) is 0.0779. The molecule has 0 unspecified atom stereocenters.